The maximum Gasteiger partial charge on any atom is 0.268 e. The lowest BCUT2D eigenvalue weighted by Crippen LogP contribution is -2.94. The molecule has 7 N–H and O–H groups in total. The lowest BCUT2D eigenvalue weighted by molar-refractivity contribution is -0.409. The van der Waals surface area contributed by atoms with Crippen LogP contribution in [0.15, 0.2) is 0 Å². The van der Waals surface area contributed by atoms with E-state index in [1.54, 1.807) is 0 Å². The molecule has 0 amide bonds. The minimum atomic E-state index is -4.52. The maximum atomic E-state index is 12.7. The van der Waals surface area contributed by atoms with E-state index in [2.05, 4.69) is 0 Å². The maximum absolute atomic E-state index is 12.7. The third-order valence-electron chi connectivity index (χ3n) is 4.71. The summed E-state index contributed by atoms with van der Waals surface area (Å²) in [6, 6.07) is 0. The highest BCUT2D eigenvalue weighted by Crippen LogP contribution is 2.54. The van der Waals surface area contributed by atoms with Gasteiger partial charge in [-0.2, -0.15) is 0 Å². The zero-order valence-electron chi connectivity index (χ0n) is 19.4. The zero-order chi connectivity index (χ0) is 25.3. The van der Waals surface area contributed by atoms with Crippen molar-refractivity contribution in [2.75, 3.05) is 6.61 Å². The van der Waals surface area contributed by atoms with Crippen LogP contribution in [0.2, 0.25) is 0 Å². The quantitative estimate of drug-likeness (QED) is 0.280. The molecule has 0 aliphatic carbocycles. The van der Waals surface area contributed by atoms with E-state index in [0.29, 0.717) is 0 Å². The SMILES string of the molecule is O.[2H]CC(=O)C1(O)O[C@@](CO)(C(=O)C[2H])[C@](O)(C(=O)C[2H])[C@@](O)(C(=O)C[2H])[C@@]1(O)C(=O)C[2H]. The normalized spacial score (nSPS) is 42.5. The Morgan fingerprint density at radius 2 is 1.11 bits per heavy atom. The highest BCUT2D eigenvalue weighted by Gasteiger charge is 2.88. The number of hydrogen-bond donors (Lipinski definition) is 5. The second kappa shape index (κ2) is 7.15. The van der Waals surface area contributed by atoms with E-state index in [4.69, 9.17) is 11.6 Å². The fourth-order valence-electron chi connectivity index (χ4n) is 3.17. The molecule has 0 aromatic carbocycles. The molecule has 5 atom stereocenters. The van der Waals surface area contributed by atoms with Crippen LogP contribution in [0.25, 0.3) is 0 Å². The Balaban J connectivity index is 0.0000102. The van der Waals surface area contributed by atoms with Crippen LogP contribution >= 0.6 is 0 Å². The molecule has 1 unspecified atom stereocenters. The first-order chi connectivity index (χ1) is 14.7. The lowest BCUT2D eigenvalue weighted by Gasteiger charge is -2.63. The molecule has 28 heavy (non-hydrogen) atoms. The first kappa shape index (κ1) is 18.1. The molecule has 1 aliphatic heterocycles. The second-order valence-corrected chi connectivity index (χ2v) is 5.98. The number of ketones is 5. The summed E-state index contributed by atoms with van der Waals surface area (Å²) in [6.07, 6.45) is 0. The number of carbonyl (C=O) groups is 5. The molecule has 12 heteroatoms. The van der Waals surface area contributed by atoms with E-state index in [0.717, 1.165) is 0 Å². The molecule has 0 bridgehead atoms. The molecule has 0 spiro atoms. The summed E-state index contributed by atoms with van der Waals surface area (Å²) in [7, 11) is 0. The van der Waals surface area contributed by atoms with Gasteiger partial charge in [-0.05, 0) is 27.6 Å². The third-order valence-corrected chi connectivity index (χ3v) is 4.71. The van der Waals surface area contributed by atoms with Crippen LogP contribution in [-0.4, -0.2) is 94.7 Å². The number of rotatable bonds is 6. The Hall–Kier alpha value is -1.93. The van der Waals surface area contributed by atoms with Gasteiger partial charge in [-0.15, -0.1) is 0 Å². The van der Waals surface area contributed by atoms with Crippen LogP contribution in [0.3, 0.4) is 0 Å². The Kier molecular flexibility index (Phi) is 4.63. The van der Waals surface area contributed by atoms with Crippen molar-refractivity contribution in [3.05, 3.63) is 0 Å². The Bertz CT molecular complexity index is 841. The van der Waals surface area contributed by atoms with Gasteiger partial charge < -0.3 is 35.7 Å². The molecular formula is C16H24O12. The number of carbonyl (C=O) groups excluding carboxylic acids is 5. The van der Waals surface area contributed by atoms with E-state index in [-0.39, 0.29) is 5.48 Å². The van der Waals surface area contributed by atoms with E-state index in [1.165, 1.54) is 0 Å². The smallest absolute Gasteiger partial charge is 0.268 e. The number of Topliss-reactive ketones (excluding diaryl/α,β-unsaturated/α-hetero) is 5. The first-order valence-electron chi connectivity index (χ1n) is 10.5. The van der Waals surface area contributed by atoms with E-state index in [9.17, 15) is 49.5 Å². The number of ether oxygens (including phenoxy) is 1. The van der Waals surface area contributed by atoms with E-state index < -0.39 is 98.2 Å². The van der Waals surface area contributed by atoms with Gasteiger partial charge in [0.15, 0.2) is 34.5 Å². The summed E-state index contributed by atoms with van der Waals surface area (Å²) in [6.45, 7) is -9.90. The third kappa shape index (κ3) is 2.40. The van der Waals surface area contributed by atoms with Gasteiger partial charge in [-0.25, -0.2) is 0 Å². The van der Waals surface area contributed by atoms with Crippen molar-refractivity contribution in [3.63, 3.8) is 0 Å². The van der Waals surface area contributed by atoms with Gasteiger partial charge in [0.05, 0.1) is 6.61 Å². The van der Waals surface area contributed by atoms with Gasteiger partial charge in [0, 0.05) is 13.8 Å². The molecule has 0 saturated carbocycles. The average Bonchev–Trinajstić information content (AvgIpc) is 2.81. The van der Waals surface area contributed by atoms with Crippen molar-refractivity contribution in [2.24, 2.45) is 0 Å². The predicted molar refractivity (Wildman–Crippen MR) is 87.7 cm³/mol. The van der Waals surface area contributed by atoms with Crippen molar-refractivity contribution >= 4 is 28.9 Å². The van der Waals surface area contributed by atoms with Crippen molar-refractivity contribution in [2.45, 2.75) is 62.7 Å². The minimum Gasteiger partial charge on any atom is -0.412 e. The zero-order valence-corrected chi connectivity index (χ0v) is 14.4. The van der Waals surface area contributed by atoms with Crippen molar-refractivity contribution in [1.82, 2.24) is 0 Å². The molecule has 1 saturated heterocycles. The van der Waals surface area contributed by atoms with Gasteiger partial charge in [0.2, 0.25) is 16.8 Å². The lowest BCUT2D eigenvalue weighted by atomic mass is 9.53. The second-order valence-electron chi connectivity index (χ2n) is 5.98. The van der Waals surface area contributed by atoms with E-state index >= 15 is 0 Å². The van der Waals surface area contributed by atoms with Crippen LogP contribution in [0.1, 0.15) is 41.4 Å². The predicted octanol–water partition coefficient (Wildman–Crippen LogP) is -4.25. The molecule has 1 fully saturated rings. The van der Waals surface area contributed by atoms with Crippen molar-refractivity contribution in [1.29, 1.82) is 0 Å². The van der Waals surface area contributed by atoms with Crippen LogP contribution in [-0.2, 0) is 28.7 Å². The van der Waals surface area contributed by atoms with Crippen LogP contribution in [0.5, 0.6) is 0 Å². The molecule has 0 aromatic rings. The topological polar surface area (TPSA) is 227 Å². The molecule has 160 valence electrons. The summed E-state index contributed by atoms with van der Waals surface area (Å²) in [5.41, 5.74) is -17.1. The van der Waals surface area contributed by atoms with E-state index in [1.807, 2.05) is 0 Å². The standard InChI is InChI=1S/C16H22O11.H2O/c1-7(18)12(6-17)13(23,8(2)19)14(24,9(3)20)15(25,10(4)21)16(26,27-12)11(5)22;/h17,23-26H,6H2,1-5H3;1H2/t12-,13+,14-,15-,16?;/m0./s1/i1D,2D,3D,4D,5D;. The van der Waals surface area contributed by atoms with Gasteiger partial charge >= 0.3 is 0 Å². The average molecular weight is 413 g/mol. The summed E-state index contributed by atoms with van der Waals surface area (Å²) in [5.74, 6) is -14.5. The van der Waals surface area contributed by atoms with Crippen molar-refractivity contribution < 1.29 is 66.6 Å². The fourth-order valence-corrected chi connectivity index (χ4v) is 3.17. The largest absolute Gasteiger partial charge is 0.412 e. The Morgan fingerprint density at radius 1 is 0.714 bits per heavy atom. The molecule has 0 aromatic heterocycles. The van der Waals surface area contributed by atoms with Crippen molar-refractivity contribution in [3.8, 4) is 0 Å². The summed E-state index contributed by atoms with van der Waals surface area (Å²) in [4.78, 5) is 63.0. The number of aliphatic hydroxyl groups is 5. The molecule has 12 nitrogen and oxygen atoms in total. The number of hydrogen-bond acceptors (Lipinski definition) is 11. The minimum absolute atomic E-state index is 0. The highest BCUT2D eigenvalue weighted by atomic mass is 16.7. The molecular weight excluding hydrogens is 384 g/mol. The molecule has 1 heterocycles. The fraction of sp³-hybridized carbons (Fsp3) is 0.688. The summed E-state index contributed by atoms with van der Waals surface area (Å²) < 4.78 is 40.9. The Labute approximate surface area is 166 Å². The monoisotopic (exact) mass is 413 g/mol. The van der Waals surface area contributed by atoms with Crippen LogP contribution in [0.4, 0.5) is 0 Å². The molecule has 0 radical (unpaired) electrons. The summed E-state index contributed by atoms with van der Waals surface area (Å²) in [5, 5.41) is 54.6. The van der Waals surface area contributed by atoms with Gasteiger partial charge in [0.1, 0.15) is 0 Å². The number of aliphatic hydroxyl groups excluding tert-OH is 1. The summed E-state index contributed by atoms with van der Waals surface area (Å²) >= 11 is 0. The van der Waals surface area contributed by atoms with Gasteiger partial charge in [0.25, 0.3) is 5.79 Å². The van der Waals surface area contributed by atoms with Crippen LogP contribution in [0, 0.1) is 0 Å². The molecule has 1 rings (SSSR count). The highest BCUT2D eigenvalue weighted by molar-refractivity contribution is 6.12. The van der Waals surface area contributed by atoms with Gasteiger partial charge in [-0.3, -0.25) is 24.0 Å². The first-order valence-corrected chi connectivity index (χ1v) is 7.01. The Morgan fingerprint density at radius 3 is 1.50 bits per heavy atom. The molecule has 1 aliphatic rings. The van der Waals surface area contributed by atoms with Gasteiger partial charge in [-0.1, -0.05) is 0 Å². The van der Waals surface area contributed by atoms with Crippen LogP contribution < -0.4 is 0 Å².